The van der Waals surface area contributed by atoms with E-state index in [-0.39, 0.29) is 24.2 Å². The van der Waals surface area contributed by atoms with Gasteiger partial charge in [0.2, 0.25) is 5.91 Å². The van der Waals surface area contributed by atoms with Crippen LogP contribution >= 0.6 is 23.7 Å². The fourth-order valence-electron chi connectivity index (χ4n) is 1.92. The molecule has 1 amide bonds. The molecule has 0 aliphatic carbocycles. The second-order valence-electron chi connectivity index (χ2n) is 5.38. The van der Waals surface area contributed by atoms with Crippen molar-refractivity contribution >= 4 is 34.8 Å². The molecule has 1 unspecified atom stereocenters. The molecule has 1 aromatic carbocycles. The molecular weight excluding hydrogens is 318 g/mol. The van der Waals surface area contributed by atoms with E-state index in [0.29, 0.717) is 17.6 Å². The van der Waals surface area contributed by atoms with E-state index in [9.17, 15) is 4.79 Å². The van der Waals surface area contributed by atoms with Crippen LogP contribution in [-0.2, 0) is 4.79 Å². The molecule has 0 bridgehead atoms. The topological polar surface area (TPSA) is 68.0 Å². The van der Waals surface area contributed by atoms with Gasteiger partial charge in [-0.15, -0.1) is 23.7 Å². The Morgan fingerprint density at radius 3 is 2.45 bits per heavy atom. The Labute approximate surface area is 141 Å². The predicted octanol–water partition coefficient (Wildman–Crippen LogP) is 3.89. The third kappa shape index (κ3) is 4.29. The summed E-state index contributed by atoms with van der Waals surface area (Å²) >= 11 is 1.53. The molecule has 0 radical (unpaired) electrons. The molecule has 2 rings (SSSR count). The number of anilines is 1. The Morgan fingerprint density at radius 1 is 1.27 bits per heavy atom. The van der Waals surface area contributed by atoms with Crippen LogP contribution in [0.3, 0.4) is 0 Å². The van der Waals surface area contributed by atoms with Gasteiger partial charge in [-0.3, -0.25) is 4.79 Å². The van der Waals surface area contributed by atoms with Crippen LogP contribution in [0.2, 0.25) is 0 Å². The van der Waals surface area contributed by atoms with Crippen LogP contribution in [0.25, 0.3) is 11.3 Å². The van der Waals surface area contributed by atoms with Gasteiger partial charge in [0.15, 0.2) is 5.13 Å². The molecule has 0 spiro atoms. The van der Waals surface area contributed by atoms with E-state index in [2.05, 4.69) is 24.1 Å². The number of nitrogens with one attached hydrogen (secondary N) is 1. The summed E-state index contributed by atoms with van der Waals surface area (Å²) in [5, 5.41) is 3.51. The van der Waals surface area contributed by atoms with Crippen molar-refractivity contribution in [1.82, 2.24) is 4.98 Å². The number of carbonyl (C=O) groups excluding carboxylic acids is 1. The molecule has 1 heterocycles. The van der Waals surface area contributed by atoms with Crippen molar-refractivity contribution in [3.05, 3.63) is 35.2 Å². The number of halogens is 1. The van der Waals surface area contributed by atoms with Crippen LogP contribution in [0.1, 0.15) is 31.6 Å². The number of nitrogens with two attached hydrogens (primary N) is 1. The van der Waals surface area contributed by atoms with Crippen LogP contribution in [0.15, 0.2) is 30.3 Å². The maximum absolute atomic E-state index is 11.9. The highest BCUT2D eigenvalue weighted by Crippen LogP contribution is 2.36. The van der Waals surface area contributed by atoms with Gasteiger partial charge in [0.05, 0.1) is 5.69 Å². The maximum Gasteiger partial charge on any atom is 0.230 e. The van der Waals surface area contributed by atoms with E-state index >= 15 is 0 Å². The monoisotopic (exact) mass is 339 g/mol. The van der Waals surface area contributed by atoms with E-state index in [1.807, 2.05) is 37.3 Å². The van der Waals surface area contributed by atoms with Gasteiger partial charge in [0.1, 0.15) is 0 Å². The first-order valence-corrected chi connectivity index (χ1v) is 7.91. The summed E-state index contributed by atoms with van der Waals surface area (Å²) < 4.78 is 0. The summed E-state index contributed by atoms with van der Waals surface area (Å²) in [6.45, 7) is 6.41. The Bertz CT molecular complexity index is 613. The van der Waals surface area contributed by atoms with Crippen molar-refractivity contribution in [1.29, 1.82) is 0 Å². The highest BCUT2D eigenvalue weighted by Gasteiger charge is 2.18. The van der Waals surface area contributed by atoms with Gasteiger partial charge in [-0.1, -0.05) is 51.1 Å². The lowest BCUT2D eigenvalue weighted by Gasteiger charge is -2.06. The maximum atomic E-state index is 11.9. The van der Waals surface area contributed by atoms with Crippen molar-refractivity contribution in [2.45, 2.75) is 26.7 Å². The van der Waals surface area contributed by atoms with Gasteiger partial charge in [0, 0.05) is 22.9 Å². The first-order valence-electron chi connectivity index (χ1n) is 7.10. The van der Waals surface area contributed by atoms with Crippen molar-refractivity contribution in [3.8, 4) is 11.3 Å². The average Bonchev–Trinajstić information content (AvgIpc) is 2.91. The number of rotatable bonds is 5. The quantitative estimate of drug-likeness (QED) is 0.868. The molecule has 0 fully saturated rings. The third-order valence-corrected chi connectivity index (χ3v) is 4.53. The summed E-state index contributed by atoms with van der Waals surface area (Å²) in [4.78, 5) is 17.7. The van der Waals surface area contributed by atoms with E-state index in [1.165, 1.54) is 16.2 Å². The summed E-state index contributed by atoms with van der Waals surface area (Å²) in [5.41, 5.74) is 7.55. The number of carbonyl (C=O) groups is 1. The summed E-state index contributed by atoms with van der Waals surface area (Å²) in [6, 6.07) is 10.0. The zero-order chi connectivity index (χ0) is 15.4. The fraction of sp³-hybridized carbons (Fsp3) is 0.375. The molecule has 120 valence electrons. The molecule has 2 aromatic rings. The number of nitrogens with zero attached hydrogens (tertiary/aromatic N) is 1. The van der Waals surface area contributed by atoms with Gasteiger partial charge in [-0.25, -0.2) is 4.98 Å². The summed E-state index contributed by atoms with van der Waals surface area (Å²) in [5.74, 6) is 0.0630. The highest BCUT2D eigenvalue weighted by molar-refractivity contribution is 7.16. The first kappa shape index (κ1) is 18.6. The average molecular weight is 340 g/mol. The van der Waals surface area contributed by atoms with Crippen LogP contribution in [0.4, 0.5) is 5.13 Å². The molecule has 1 aromatic heterocycles. The lowest BCUT2D eigenvalue weighted by atomic mass is 10.1. The van der Waals surface area contributed by atoms with Crippen molar-refractivity contribution in [3.63, 3.8) is 0 Å². The van der Waals surface area contributed by atoms with E-state index in [1.54, 1.807) is 0 Å². The van der Waals surface area contributed by atoms with E-state index in [0.717, 1.165) is 11.3 Å². The standard InChI is InChI=1S/C16H21N3OS.ClH/c1-10(2)14-13(12-7-5-4-6-8-12)18-16(21-14)19-15(20)11(3)9-17;/h4-8,10-11H,9,17H2,1-3H3,(H,18,19,20);1H. The van der Waals surface area contributed by atoms with E-state index < -0.39 is 0 Å². The Morgan fingerprint density at radius 2 is 1.91 bits per heavy atom. The van der Waals surface area contributed by atoms with Crippen LogP contribution in [0.5, 0.6) is 0 Å². The van der Waals surface area contributed by atoms with Crippen LogP contribution < -0.4 is 11.1 Å². The number of hydrogen-bond donors (Lipinski definition) is 2. The molecule has 0 aliphatic rings. The Balaban J connectivity index is 0.00000242. The minimum Gasteiger partial charge on any atom is -0.330 e. The second kappa shape index (κ2) is 8.27. The number of hydrogen-bond acceptors (Lipinski definition) is 4. The molecule has 1 atom stereocenters. The molecule has 0 aliphatic heterocycles. The van der Waals surface area contributed by atoms with Gasteiger partial charge in [-0.05, 0) is 5.92 Å². The zero-order valence-electron chi connectivity index (χ0n) is 13.0. The molecule has 0 saturated carbocycles. The molecule has 22 heavy (non-hydrogen) atoms. The number of thiazole rings is 1. The van der Waals surface area contributed by atoms with Crippen molar-refractivity contribution in [2.24, 2.45) is 11.7 Å². The first-order chi connectivity index (χ1) is 10.0. The Hall–Kier alpha value is -1.43. The zero-order valence-corrected chi connectivity index (χ0v) is 14.6. The fourth-order valence-corrected chi connectivity index (χ4v) is 2.91. The minimum atomic E-state index is -0.212. The van der Waals surface area contributed by atoms with E-state index in [4.69, 9.17) is 5.73 Å². The van der Waals surface area contributed by atoms with Crippen molar-refractivity contribution < 1.29 is 4.79 Å². The number of benzene rings is 1. The van der Waals surface area contributed by atoms with Crippen molar-refractivity contribution in [2.75, 3.05) is 11.9 Å². The van der Waals surface area contributed by atoms with Gasteiger partial charge < -0.3 is 11.1 Å². The normalized spacial score (nSPS) is 11.9. The Kier molecular flexibility index (Phi) is 7.00. The predicted molar refractivity (Wildman–Crippen MR) is 95.7 cm³/mol. The van der Waals surface area contributed by atoms with Gasteiger partial charge in [0.25, 0.3) is 0 Å². The lowest BCUT2D eigenvalue weighted by molar-refractivity contribution is -0.119. The smallest absolute Gasteiger partial charge is 0.230 e. The molecule has 0 saturated heterocycles. The summed E-state index contributed by atoms with van der Waals surface area (Å²) in [6.07, 6.45) is 0. The highest BCUT2D eigenvalue weighted by atomic mass is 35.5. The number of amides is 1. The van der Waals surface area contributed by atoms with Gasteiger partial charge in [-0.2, -0.15) is 0 Å². The van der Waals surface area contributed by atoms with Gasteiger partial charge >= 0.3 is 0 Å². The minimum absolute atomic E-state index is 0. The lowest BCUT2D eigenvalue weighted by Crippen LogP contribution is -2.26. The number of aromatic nitrogens is 1. The molecule has 4 nitrogen and oxygen atoms in total. The van der Waals surface area contributed by atoms with Crippen LogP contribution in [0, 0.1) is 5.92 Å². The second-order valence-corrected chi connectivity index (χ2v) is 6.41. The molecular formula is C16H22ClN3OS. The largest absolute Gasteiger partial charge is 0.330 e. The van der Waals surface area contributed by atoms with Crippen LogP contribution in [-0.4, -0.2) is 17.4 Å². The summed E-state index contributed by atoms with van der Waals surface area (Å²) in [7, 11) is 0. The molecule has 3 N–H and O–H groups in total. The third-order valence-electron chi connectivity index (χ3n) is 3.26. The molecule has 6 heteroatoms. The SMILES string of the molecule is CC(CN)C(=O)Nc1nc(-c2ccccc2)c(C(C)C)s1.Cl.